The van der Waals surface area contributed by atoms with Gasteiger partial charge in [-0.15, -0.1) is 0 Å². The molecule has 0 aliphatic carbocycles. The van der Waals surface area contributed by atoms with E-state index in [9.17, 15) is 9.59 Å². The maximum absolute atomic E-state index is 12.3. The molecular weight excluding hydrogens is 434 g/mol. The highest BCUT2D eigenvalue weighted by Gasteiger charge is 2.42. The van der Waals surface area contributed by atoms with Crippen LogP contribution in [0.4, 0.5) is 10.5 Å². The van der Waals surface area contributed by atoms with Crippen molar-refractivity contribution in [2.75, 3.05) is 44.6 Å². The standard InChI is InChI=1S/C25H33N5O2S/c31-24-3-1-2-23-19-8-17(12-30(23)24)11-28(13-19)14-20-15-29-6-4-18(20)9-22(29)10-26-25(32)27-21-5-7-33-16-21/h1-3,5,7,16-20,22H,4,6,8-15H2,(H2,26,27,32)/t17-,18+,19-,20-,22-/m1/s1. The molecule has 2 N–H and O–H groups in total. The minimum Gasteiger partial charge on any atom is -0.336 e. The highest BCUT2D eigenvalue weighted by Crippen LogP contribution is 2.39. The summed E-state index contributed by atoms with van der Waals surface area (Å²) in [5.74, 6) is 2.55. The minimum atomic E-state index is -0.105. The second-order valence-corrected chi connectivity index (χ2v) is 11.2. The Labute approximate surface area is 198 Å². The molecule has 7 heterocycles. The van der Waals surface area contributed by atoms with E-state index in [0.29, 0.717) is 23.8 Å². The van der Waals surface area contributed by atoms with Crippen LogP contribution >= 0.6 is 11.3 Å². The van der Waals surface area contributed by atoms with Gasteiger partial charge in [0.1, 0.15) is 0 Å². The van der Waals surface area contributed by atoms with E-state index in [1.54, 1.807) is 17.4 Å². The molecule has 1 unspecified atom stereocenters. The third kappa shape index (κ3) is 4.36. The fourth-order valence-electron chi connectivity index (χ4n) is 6.87. The van der Waals surface area contributed by atoms with Gasteiger partial charge in [-0.3, -0.25) is 9.69 Å². The zero-order chi connectivity index (χ0) is 22.4. The quantitative estimate of drug-likeness (QED) is 0.710. The highest BCUT2D eigenvalue weighted by molar-refractivity contribution is 7.08. The molecule has 4 bridgehead atoms. The Bertz CT molecular complexity index is 1050. The van der Waals surface area contributed by atoms with Crippen molar-refractivity contribution in [1.82, 2.24) is 19.7 Å². The molecule has 8 heteroatoms. The fourth-order valence-corrected chi connectivity index (χ4v) is 7.45. The lowest BCUT2D eigenvalue weighted by molar-refractivity contribution is -0.0192. The number of anilines is 1. The average molecular weight is 468 g/mol. The molecule has 7 rings (SSSR count). The van der Waals surface area contributed by atoms with Crippen LogP contribution in [0, 0.1) is 17.8 Å². The third-order valence-corrected chi connectivity index (χ3v) is 9.02. The van der Waals surface area contributed by atoms with Crippen molar-refractivity contribution >= 4 is 23.1 Å². The number of aromatic nitrogens is 1. The van der Waals surface area contributed by atoms with Gasteiger partial charge in [-0.1, -0.05) is 6.07 Å². The molecule has 0 saturated carbocycles. The summed E-state index contributed by atoms with van der Waals surface area (Å²) in [5.41, 5.74) is 2.27. The number of urea groups is 1. The second-order valence-electron chi connectivity index (χ2n) is 10.5. The number of hydrogen-bond acceptors (Lipinski definition) is 5. The van der Waals surface area contributed by atoms with Crippen LogP contribution in [0.25, 0.3) is 0 Å². The molecule has 0 aromatic carbocycles. The Balaban J connectivity index is 1.03. The van der Waals surface area contributed by atoms with Crippen LogP contribution < -0.4 is 16.2 Å². The van der Waals surface area contributed by atoms with E-state index in [1.165, 1.54) is 31.5 Å². The monoisotopic (exact) mass is 467 g/mol. The first-order valence-electron chi connectivity index (χ1n) is 12.4. The summed E-state index contributed by atoms with van der Waals surface area (Å²) in [6.45, 7) is 7.27. The van der Waals surface area contributed by atoms with Crippen molar-refractivity contribution in [3.8, 4) is 0 Å². The number of carbonyl (C=O) groups excluding carboxylic acids is 1. The molecule has 0 spiro atoms. The Morgan fingerprint density at radius 1 is 1.12 bits per heavy atom. The van der Waals surface area contributed by atoms with E-state index in [-0.39, 0.29) is 11.6 Å². The van der Waals surface area contributed by atoms with E-state index in [4.69, 9.17) is 0 Å². The number of carbonyl (C=O) groups is 1. The summed E-state index contributed by atoms with van der Waals surface area (Å²) in [7, 11) is 0. The lowest BCUT2D eigenvalue weighted by atomic mass is 9.74. The molecule has 6 atom stereocenters. The van der Waals surface area contributed by atoms with E-state index < -0.39 is 0 Å². The zero-order valence-electron chi connectivity index (χ0n) is 19.0. The molecule has 2 aromatic rings. The van der Waals surface area contributed by atoms with Gasteiger partial charge in [-0.05, 0) is 61.1 Å². The number of nitrogens with one attached hydrogen (secondary N) is 2. The number of hydrogen-bond donors (Lipinski definition) is 2. The second kappa shape index (κ2) is 8.89. The molecule has 2 amide bonds. The van der Waals surface area contributed by atoms with Crippen molar-refractivity contribution in [3.05, 3.63) is 51.1 Å². The van der Waals surface area contributed by atoms with E-state index in [2.05, 4.69) is 26.5 Å². The number of amides is 2. The zero-order valence-corrected chi connectivity index (χ0v) is 19.8. The number of piperidine rings is 4. The van der Waals surface area contributed by atoms with Crippen molar-refractivity contribution in [2.24, 2.45) is 17.8 Å². The molecule has 4 fully saturated rings. The molecule has 0 radical (unpaired) electrons. The Kier molecular flexibility index (Phi) is 5.76. The van der Waals surface area contributed by atoms with Crippen molar-refractivity contribution in [3.63, 3.8) is 0 Å². The number of likely N-dealkylation sites (tertiary alicyclic amines) is 1. The van der Waals surface area contributed by atoms with Gasteiger partial charge in [0.05, 0.1) is 5.69 Å². The lowest BCUT2D eigenvalue weighted by Gasteiger charge is -2.52. The normalized spacial score (nSPS) is 32.8. The van der Waals surface area contributed by atoms with Gasteiger partial charge in [0.25, 0.3) is 5.56 Å². The number of pyridine rings is 1. The van der Waals surface area contributed by atoms with E-state index in [0.717, 1.165) is 50.9 Å². The molecular formula is C25H33N5O2S. The number of fused-ring (bicyclic) bond motifs is 7. The summed E-state index contributed by atoms with van der Waals surface area (Å²) >= 11 is 1.58. The van der Waals surface area contributed by atoms with Gasteiger partial charge in [-0.25, -0.2) is 4.79 Å². The first-order chi connectivity index (χ1) is 16.1. The predicted octanol–water partition coefficient (Wildman–Crippen LogP) is 2.86. The molecule has 5 aliphatic heterocycles. The van der Waals surface area contributed by atoms with Gasteiger partial charge in [0.2, 0.25) is 0 Å². The summed E-state index contributed by atoms with van der Waals surface area (Å²) in [4.78, 5) is 29.8. The minimum absolute atomic E-state index is 0.105. The van der Waals surface area contributed by atoms with Crippen molar-refractivity contribution in [1.29, 1.82) is 0 Å². The van der Waals surface area contributed by atoms with Crippen LogP contribution in [0.5, 0.6) is 0 Å². The molecule has 33 heavy (non-hydrogen) atoms. The highest BCUT2D eigenvalue weighted by atomic mass is 32.1. The predicted molar refractivity (Wildman–Crippen MR) is 131 cm³/mol. The maximum Gasteiger partial charge on any atom is 0.319 e. The molecule has 2 aromatic heterocycles. The van der Waals surface area contributed by atoms with Crippen LogP contribution in [0.1, 0.15) is 30.9 Å². The van der Waals surface area contributed by atoms with Crippen LogP contribution in [0.15, 0.2) is 39.8 Å². The Morgan fingerprint density at radius 3 is 2.88 bits per heavy atom. The molecule has 7 nitrogen and oxygen atoms in total. The van der Waals surface area contributed by atoms with Gasteiger partial charge in [0.15, 0.2) is 0 Å². The van der Waals surface area contributed by atoms with Gasteiger partial charge >= 0.3 is 6.03 Å². The molecule has 176 valence electrons. The first-order valence-corrected chi connectivity index (χ1v) is 13.3. The smallest absolute Gasteiger partial charge is 0.319 e. The van der Waals surface area contributed by atoms with Crippen LogP contribution in [0.3, 0.4) is 0 Å². The fraction of sp³-hybridized carbons (Fsp3) is 0.600. The third-order valence-electron chi connectivity index (χ3n) is 8.34. The summed E-state index contributed by atoms with van der Waals surface area (Å²) < 4.78 is 2.02. The van der Waals surface area contributed by atoms with E-state index >= 15 is 0 Å². The van der Waals surface area contributed by atoms with E-state index in [1.807, 2.05) is 27.5 Å². The van der Waals surface area contributed by atoms with Crippen LogP contribution in [-0.2, 0) is 6.54 Å². The Hall–Kier alpha value is -2.16. The molecule has 4 saturated heterocycles. The first kappa shape index (κ1) is 21.4. The SMILES string of the molecule is O=C(NC[C@H]1C[C@@H]2CCN1C[C@H]2CN1C[C@H]2C[C@H](C1)c1cccc(=O)n1C2)Nc1ccsc1. The van der Waals surface area contributed by atoms with Gasteiger partial charge in [0, 0.05) is 68.4 Å². The van der Waals surface area contributed by atoms with Crippen LogP contribution in [0.2, 0.25) is 0 Å². The average Bonchev–Trinajstić information content (AvgIpc) is 3.32. The maximum atomic E-state index is 12.3. The summed E-state index contributed by atoms with van der Waals surface area (Å²) in [6, 6.07) is 8.06. The number of thiophene rings is 1. The van der Waals surface area contributed by atoms with Crippen molar-refractivity contribution in [2.45, 2.75) is 37.8 Å². The van der Waals surface area contributed by atoms with Gasteiger partial charge in [-0.2, -0.15) is 11.3 Å². The van der Waals surface area contributed by atoms with Crippen molar-refractivity contribution < 1.29 is 4.79 Å². The topological polar surface area (TPSA) is 69.6 Å². The lowest BCUT2D eigenvalue weighted by Crippen LogP contribution is -2.59. The largest absolute Gasteiger partial charge is 0.336 e. The molecule has 5 aliphatic rings. The number of nitrogens with zero attached hydrogens (tertiary/aromatic N) is 3. The summed E-state index contributed by atoms with van der Waals surface area (Å²) in [6.07, 6.45) is 3.69. The Morgan fingerprint density at radius 2 is 2.06 bits per heavy atom. The van der Waals surface area contributed by atoms with Crippen LogP contribution in [-0.4, -0.2) is 65.7 Å². The summed E-state index contributed by atoms with van der Waals surface area (Å²) in [5, 5.41) is 9.91. The van der Waals surface area contributed by atoms with Gasteiger partial charge < -0.3 is 20.1 Å². The number of rotatable bonds is 5.